The third-order valence-corrected chi connectivity index (χ3v) is 10.1. The molecule has 0 radical (unpaired) electrons. The average Bonchev–Trinajstić information content (AvgIpc) is 3.62. The van der Waals surface area contributed by atoms with E-state index >= 15 is 0 Å². The SMILES string of the molecule is CN1CCN(Cc2cnc(NC(=O)/C(=N/N3CCOCC3)c3ccc(S(=O)(=O)[C@H]4CCOC4)cc3)s2)CC1. The second-order valence-corrected chi connectivity index (χ2v) is 13.1. The van der Waals surface area contributed by atoms with E-state index in [2.05, 4.69) is 32.2 Å². The van der Waals surface area contributed by atoms with Crippen molar-refractivity contribution in [2.45, 2.75) is 23.1 Å². The van der Waals surface area contributed by atoms with Crippen LogP contribution in [0.4, 0.5) is 5.13 Å². The van der Waals surface area contributed by atoms with Gasteiger partial charge in [0.2, 0.25) is 0 Å². The topological polar surface area (TPSA) is 117 Å². The number of rotatable bonds is 8. The van der Waals surface area contributed by atoms with E-state index in [4.69, 9.17) is 9.47 Å². The van der Waals surface area contributed by atoms with Crippen LogP contribution in [0, 0.1) is 0 Å². The van der Waals surface area contributed by atoms with Gasteiger partial charge < -0.3 is 14.4 Å². The van der Waals surface area contributed by atoms with Crippen LogP contribution in [0.5, 0.6) is 0 Å². The Kier molecular flexibility index (Phi) is 8.71. The molecule has 3 aliphatic heterocycles. The molecule has 4 heterocycles. The summed E-state index contributed by atoms with van der Waals surface area (Å²) in [6.07, 6.45) is 2.30. The number of amides is 1. The van der Waals surface area contributed by atoms with Crippen molar-refractivity contribution in [1.82, 2.24) is 19.8 Å². The fourth-order valence-corrected chi connectivity index (χ4v) is 7.04. The lowest BCUT2D eigenvalue weighted by Crippen LogP contribution is -2.43. The molecule has 3 fully saturated rings. The van der Waals surface area contributed by atoms with Gasteiger partial charge in [0.15, 0.2) is 20.7 Å². The normalized spacial score (nSPS) is 22.1. The lowest BCUT2D eigenvalue weighted by atomic mass is 10.1. The second kappa shape index (κ2) is 12.2. The number of benzene rings is 1. The Labute approximate surface area is 227 Å². The predicted molar refractivity (Wildman–Crippen MR) is 145 cm³/mol. The van der Waals surface area contributed by atoms with Gasteiger partial charge in [0, 0.05) is 56.0 Å². The van der Waals surface area contributed by atoms with Gasteiger partial charge in [-0.3, -0.25) is 20.0 Å². The Hall–Kier alpha value is -2.42. The molecule has 3 saturated heterocycles. The number of nitrogens with zero attached hydrogens (tertiary/aromatic N) is 5. The number of nitrogens with one attached hydrogen (secondary N) is 1. The molecular weight excluding hydrogens is 528 g/mol. The van der Waals surface area contributed by atoms with Crippen LogP contribution in [0.25, 0.3) is 0 Å². The number of piperazine rings is 1. The zero-order chi connectivity index (χ0) is 26.5. The maximum absolute atomic E-state index is 13.4. The third-order valence-electron chi connectivity index (χ3n) is 6.98. The van der Waals surface area contributed by atoms with Gasteiger partial charge in [-0.05, 0) is 25.6 Å². The third kappa shape index (κ3) is 6.58. The zero-order valence-electron chi connectivity index (χ0n) is 21.5. The number of aromatic nitrogens is 1. The molecule has 3 aliphatic rings. The summed E-state index contributed by atoms with van der Waals surface area (Å²) < 4.78 is 36.6. The molecule has 206 valence electrons. The van der Waals surface area contributed by atoms with Gasteiger partial charge in [0.1, 0.15) is 0 Å². The van der Waals surface area contributed by atoms with Crippen molar-refractivity contribution in [2.75, 3.05) is 78.1 Å². The molecule has 2 aromatic rings. The van der Waals surface area contributed by atoms with Crippen LogP contribution in [0.1, 0.15) is 16.9 Å². The number of ether oxygens (including phenoxy) is 2. The fourth-order valence-electron chi connectivity index (χ4n) is 4.60. The van der Waals surface area contributed by atoms with E-state index in [0.29, 0.717) is 50.0 Å². The summed E-state index contributed by atoms with van der Waals surface area (Å²) in [6, 6.07) is 6.37. The van der Waals surface area contributed by atoms with Gasteiger partial charge in [0.25, 0.3) is 5.91 Å². The Morgan fingerprint density at radius 2 is 1.82 bits per heavy atom. The Balaban J connectivity index is 1.32. The number of hydrazone groups is 1. The van der Waals surface area contributed by atoms with E-state index in [0.717, 1.165) is 37.6 Å². The summed E-state index contributed by atoms with van der Waals surface area (Å²) in [6.45, 7) is 7.75. The molecule has 0 spiro atoms. The molecule has 0 aliphatic carbocycles. The first-order valence-electron chi connectivity index (χ1n) is 12.9. The first-order valence-corrected chi connectivity index (χ1v) is 15.2. The van der Waals surface area contributed by atoms with Crippen molar-refractivity contribution < 1.29 is 22.7 Å². The molecular formula is C25H34N6O5S2. The molecule has 1 aromatic heterocycles. The van der Waals surface area contributed by atoms with Crippen molar-refractivity contribution in [3.8, 4) is 0 Å². The summed E-state index contributed by atoms with van der Waals surface area (Å²) in [7, 11) is -1.37. The summed E-state index contributed by atoms with van der Waals surface area (Å²) in [5.74, 6) is -0.392. The Bertz CT molecular complexity index is 1230. The second-order valence-electron chi connectivity index (χ2n) is 9.73. The van der Waals surface area contributed by atoms with Gasteiger partial charge in [-0.2, -0.15) is 5.10 Å². The summed E-state index contributed by atoms with van der Waals surface area (Å²) in [5.41, 5.74) is 0.737. The van der Waals surface area contributed by atoms with Crippen LogP contribution in [0.2, 0.25) is 0 Å². The number of sulfone groups is 1. The highest BCUT2D eigenvalue weighted by atomic mass is 32.2. The molecule has 1 amide bonds. The van der Waals surface area contributed by atoms with Crippen molar-refractivity contribution in [1.29, 1.82) is 0 Å². The van der Waals surface area contributed by atoms with E-state index in [1.54, 1.807) is 29.3 Å². The summed E-state index contributed by atoms with van der Waals surface area (Å²) in [5, 5.41) is 9.31. The molecule has 1 N–H and O–H groups in total. The van der Waals surface area contributed by atoms with E-state index in [1.807, 2.05) is 6.20 Å². The first kappa shape index (κ1) is 27.2. The highest BCUT2D eigenvalue weighted by Gasteiger charge is 2.31. The lowest BCUT2D eigenvalue weighted by molar-refractivity contribution is -0.110. The minimum Gasteiger partial charge on any atom is -0.380 e. The zero-order valence-corrected chi connectivity index (χ0v) is 23.2. The highest BCUT2D eigenvalue weighted by molar-refractivity contribution is 7.92. The minimum atomic E-state index is -3.50. The molecule has 13 heteroatoms. The van der Waals surface area contributed by atoms with Crippen molar-refractivity contribution >= 4 is 37.9 Å². The van der Waals surface area contributed by atoms with Crippen LogP contribution in [0.15, 0.2) is 40.5 Å². The number of anilines is 1. The standard InChI is InChI=1S/C25H34N6O5S2/c1-29-7-9-30(10-8-29)17-20-16-26-25(37-20)27-24(32)23(28-31-11-14-35-15-12-31)19-2-4-21(5-3-19)38(33,34)22-6-13-36-18-22/h2-5,16,22H,6-15,17-18H2,1H3,(H,26,27,32)/b28-23+/t22-/m0/s1. The van der Waals surface area contributed by atoms with Crippen LogP contribution < -0.4 is 5.32 Å². The van der Waals surface area contributed by atoms with Crippen LogP contribution in [-0.4, -0.2) is 118 Å². The van der Waals surface area contributed by atoms with Crippen molar-refractivity contribution in [3.05, 3.63) is 40.9 Å². The summed E-state index contributed by atoms with van der Waals surface area (Å²) in [4.78, 5) is 23.9. The largest absolute Gasteiger partial charge is 0.380 e. The van der Waals surface area contributed by atoms with Gasteiger partial charge in [-0.15, -0.1) is 11.3 Å². The quantitative estimate of drug-likeness (QED) is 0.473. The van der Waals surface area contributed by atoms with E-state index in [-0.39, 0.29) is 17.2 Å². The number of hydrogen-bond donors (Lipinski definition) is 1. The molecule has 0 unspecified atom stereocenters. The van der Waals surface area contributed by atoms with Gasteiger partial charge >= 0.3 is 0 Å². The number of carbonyl (C=O) groups excluding carboxylic acids is 1. The summed E-state index contributed by atoms with van der Waals surface area (Å²) >= 11 is 1.46. The van der Waals surface area contributed by atoms with Crippen LogP contribution >= 0.6 is 11.3 Å². The van der Waals surface area contributed by atoms with E-state index in [1.165, 1.54) is 11.3 Å². The lowest BCUT2D eigenvalue weighted by Gasteiger charge is -2.31. The molecule has 0 saturated carbocycles. The number of thiazole rings is 1. The van der Waals surface area contributed by atoms with E-state index in [9.17, 15) is 13.2 Å². The number of morpholine rings is 1. The van der Waals surface area contributed by atoms with Gasteiger partial charge in [-0.25, -0.2) is 13.4 Å². The van der Waals surface area contributed by atoms with Crippen molar-refractivity contribution in [2.24, 2.45) is 5.10 Å². The van der Waals surface area contributed by atoms with Crippen LogP contribution in [0.3, 0.4) is 0 Å². The molecule has 38 heavy (non-hydrogen) atoms. The Morgan fingerprint density at radius 3 is 2.50 bits per heavy atom. The van der Waals surface area contributed by atoms with E-state index < -0.39 is 21.0 Å². The first-order chi connectivity index (χ1) is 18.4. The van der Waals surface area contributed by atoms with Gasteiger partial charge in [0.05, 0.1) is 43.1 Å². The van der Waals surface area contributed by atoms with Crippen molar-refractivity contribution in [3.63, 3.8) is 0 Å². The average molecular weight is 563 g/mol. The molecule has 11 nitrogen and oxygen atoms in total. The van der Waals surface area contributed by atoms with Gasteiger partial charge in [-0.1, -0.05) is 12.1 Å². The maximum atomic E-state index is 13.4. The van der Waals surface area contributed by atoms with Crippen LogP contribution in [-0.2, 0) is 30.7 Å². The number of carbonyl (C=O) groups is 1. The molecule has 0 bridgehead atoms. The number of hydrogen-bond acceptors (Lipinski definition) is 11. The molecule has 5 rings (SSSR count). The fraction of sp³-hybridized carbons (Fsp3) is 0.560. The Morgan fingerprint density at radius 1 is 1.08 bits per heavy atom. The minimum absolute atomic E-state index is 0.205. The smallest absolute Gasteiger partial charge is 0.278 e. The maximum Gasteiger partial charge on any atom is 0.278 e. The highest BCUT2D eigenvalue weighted by Crippen LogP contribution is 2.24. The monoisotopic (exact) mass is 562 g/mol. The molecule has 1 atom stereocenters. The number of likely N-dealkylation sites (N-methyl/N-ethyl adjacent to an activating group) is 1. The molecule has 1 aromatic carbocycles. The predicted octanol–water partition coefficient (Wildman–Crippen LogP) is 1.13.